The maximum Gasteiger partial charge on any atom is 0.412 e. The van der Waals surface area contributed by atoms with Crippen LogP contribution in [0.2, 0.25) is 0 Å². The summed E-state index contributed by atoms with van der Waals surface area (Å²) >= 11 is 0. The first-order valence-corrected chi connectivity index (χ1v) is 11.2. The van der Waals surface area contributed by atoms with Crippen molar-refractivity contribution < 1.29 is 29.0 Å². The minimum atomic E-state index is -1.10. The Bertz CT molecular complexity index is 1240. The van der Waals surface area contributed by atoms with Gasteiger partial charge < -0.3 is 19.5 Å². The number of hydrogen-bond donors (Lipinski definition) is 3. The van der Waals surface area contributed by atoms with Crippen LogP contribution in [-0.2, 0) is 14.3 Å². The van der Waals surface area contributed by atoms with E-state index in [1.54, 1.807) is 0 Å². The van der Waals surface area contributed by atoms with Gasteiger partial charge in [-0.25, -0.2) is 9.59 Å². The van der Waals surface area contributed by atoms with Crippen molar-refractivity contribution in [1.29, 1.82) is 0 Å². The third kappa shape index (κ3) is 4.24. The second kappa shape index (κ2) is 9.22. The molecule has 0 bridgehead atoms. The highest BCUT2D eigenvalue weighted by Gasteiger charge is 2.40. The van der Waals surface area contributed by atoms with Gasteiger partial charge in [-0.05, 0) is 22.3 Å². The summed E-state index contributed by atoms with van der Waals surface area (Å²) < 4.78 is 10.7. The van der Waals surface area contributed by atoms with Gasteiger partial charge in [0.15, 0.2) is 5.82 Å². The van der Waals surface area contributed by atoms with Crippen LogP contribution in [0.5, 0.6) is 0 Å². The molecule has 35 heavy (non-hydrogen) atoms. The molecule has 180 valence electrons. The zero-order valence-electron chi connectivity index (χ0n) is 18.9. The molecule has 10 heteroatoms. The van der Waals surface area contributed by atoms with E-state index < -0.39 is 24.0 Å². The van der Waals surface area contributed by atoms with E-state index in [0.717, 1.165) is 22.3 Å². The van der Waals surface area contributed by atoms with Gasteiger partial charge in [0, 0.05) is 32.1 Å². The lowest BCUT2D eigenvalue weighted by Gasteiger charge is -2.20. The highest BCUT2D eigenvalue weighted by molar-refractivity contribution is 5.97. The predicted molar refractivity (Wildman–Crippen MR) is 125 cm³/mol. The molecule has 0 spiro atoms. The second-order valence-electron chi connectivity index (χ2n) is 8.52. The lowest BCUT2D eigenvalue weighted by molar-refractivity contribution is -0.141. The Labute approximate surface area is 200 Å². The number of carboxylic acids is 1. The van der Waals surface area contributed by atoms with Crippen LogP contribution in [0.15, 0.2) is 54.6 Å². The van der Waals surface area contributed by atoms with Crippen LogP contribution >= 0.6 is 0 Å². The van der Waals surface area contributed by atoms with E-state index in [0.29, 0.717) is 0 Å². The number of anilines is 1. The Morgan fingerprint density at radius 2 is 1.77 bits per heavy atom. The summed E-state index contributed by atoms with van der Waals surface area (Å²) in [6.07, 6.45) is -0.862. The third-order valence-corrected chi connectivity index (χ3v) is 6.52. The Balaban J connectivity index is 1.23. The smallest absolute Gasteiger partial charge is 0.412 e. The van der Waals surface area contributed by atoms with Gasteiger partial charge in [0.25, 0.3) is 5.91 Å². The number of aromatic amines is 1. The molecule has 2 amide bonds. The number of carbonyl (C=O) groups excluding carboxylic acids is 2. The number of aromatic nitrogens is 2. The Hall–Kier alpha value is -4.18. The van der Waals surface area contributed by atoms with Gasteiger partial charge in [0.05, 0.1) is 6.10 Å². The van der Waals surface area contributed by atoms with E-state index in [-0.39, 0.29) is 43.1 Å². The number of ether oxygens (including phenoxy) is 2. The first-order chi connectivity index (χ1) is 17.0. The van der Waals surface area contributed by atoms with Crippen molar-refractivity contribution >= 4 is 23.8 Å². The molecule has 1 saturated heterocycles. The molecule has 5 rings (SSSR count). The molecular formula is C25H24N4O6. The van der Waals surface area contributed by atoms with Crippen LogP contribution in [0, 0.1) is 0 Å². The number of aliphatic carboxylic acids is 1. The summed E-state index contributed by atoms with van der Waals surface area (Å²) in [5, 5.41) is 18.5. The molecule has 1 fully saturated rings. The number of likely N-dealkylation sites (tertiary alicyclic amines) is 1. The molecule has 1 aliphatic carbocycles. The van der Waals surface area contributed by atoms with Crippen molar-refractivity contribution in [2.24, 2.45) is 0 Å². The fourth-order valence-corrected chi connectivity index (χ4v) is 4.82. The number of amides is 2. The van der Waals surface area contributed by atoms with Crippen molar-refractivity contribution in [2.75, 3.05) is 25.6 Å². The van der Waals surface area contributed by atoms with Gasteiger partial charge >= 0.3 is 12.1 Å². The molecule has 0 saturated carbocycles. The number of nitrogens with zero attached hydrogens (tertiary/aromatic N) is 2. The number of carboxylic acid groups (broad SMARTS) is 1. The van der Waals surface area contributed by atoms with Crippen LogP contribution in [0.25, 0.3) is 11.1 Å². The van der Waals surface area contributed by atoms with Gasteiger partial charge in [-0.3, -0.25) is 15.2 Å². The number of nitrogens with one attached hydrogen (secondary N) is 2. The average molecular weight is 476 g/mol. The van der Waals surface area contributed by atoms with Crippen LogP contribution in [0.1, 0.15) is 34.0 Å². The molecule has 2 aliphatic rings. The molecule has 0 radical (unpaired) electrons. The van der Waals surface area contributed by atoms with E-state index in [4.69, 9.17) is 9.47 Å². The van der Waals surface area contributed by atoms with E-state index in [1.807, 2.05) is 36.4 Å². The molecular weight excluding hydrogens is 452 g/mol. The standard InChI is InChI=1S/C25H24N4O6/c1-34-14-10-21(24(31)32)29(12-14)23(30)20-11-22(28-27-20)26-25(33)35-13-19-17-8-4-2-6-15(17)16-7-3-5-9-18(16)19/h2-9,11,14,19,21H,10,12-13H2,1H3,(H,31,32)(H2,26,27,28,33). The largest absolute Gasteiger partial charge is 0.480 e. The zero-order chi connectivity index (χ0) is 24.5. The van der Waals surface area contributed by atoms with Crippen molar-refractivity contribution in [2.45, 2.75) is 24.5 Å². The normalized spacial score (nSPS) is 18.7. The van der Waals surface area contributed by atoms with Crippen LogP contribution in [-0.4, -0.2) is 70.6 Å². The molecule has 2 unspecified atom stereocenters. The fourth-order valence-electron chi connectivity index (χ4n) is 4.82. The van der Waals surface area contributed by atoms with Crippen LogP contribution < -0.4 is 5.32 Å². The molecule has 2 heterocycles. The first-order valence-electron chi connectivity index (χ1n) is 11.2. The molecule has 1 aromatic heterocycles. The molecule has 1 aliphatic heterocycles. The predicted octanol–water partition coefficient (Wildman–Crippen LogP) is 3.08. The Kier molecular flexibility index (Phi) is 5.96. The van der Waals surface area contributed by atoms with Crippen molar-refractivity contribution in [3.63, 3.8) is 0 Å². The molecule has 2 atom stereocenters. The fraction of sp³-hybridized carbons (Fsp3) is 0.280. The number of methoxy groups -OCH3 is 1. The maximum atomic E-state index is 12.8. The third-order valence-electron chi connectivity index (χ3n) is 6.52. The Morgan fingerprint density at radius 3 is 2.40 bits per heavy atom. The quantitative estimate of drug-likeness (QED) is 0.498. The van der Waals surface area contributed by atoms with Crippen LogP contribution in [0.4, 0.5) is 10.6 Å². The van der Waals surface area contributed by atoms with Gasteiger partial charge in [0.1, 0.15) is 18.3 Å². The highest BCUT2D eigenvalue weighted by Crippen LogP contribution is 2.44. The lowest BCUT2D eigenvalue weighted by atomic mass is 9.98. The number of H-pyrrole nitrogens is 1. The number of benzene rings is 2. The highest BCUT2D eigenvalue weighted by atomic mass is 16.5. The van der Waals surface area contributed by atoms with Crippen molar-refractivity contribution in [3.8, 4) is 11.1 Å². The number of rotatable bonds is 6. The van der Waals surface area contributed by atoms with Gasteiger partial charge in [-0.2, -0.15) is 5.10 Å². The Morgan fingerprint density at radius 1 is 1.11 bits per heavy atom. The summed E-state index contributed by atoms with van der Waals surface area (Å²) in [6, 6.07) is 16.4. The van der Waals surface area contributed by atoms with Crippen LogP contribution in [0.3, 0.4) is 0 Å². The zero-order valence-corrected chi connectivity index (χ0v) is 18.9. The van der Waals surface area contributed by atoms with E-state index >= 15 is 0 Å². The number of fused-ring (bicyclic) bond motifs is 3. The maximum absolute atomic E-state index is 12.8. The first kappa shape index (κ1) is 22.6. The number of carbonyl (C=O) groups is 3. The SMILES string of the molecule is COC1CC(C(=O)O)N(C(=O)c2cc(NC(=O)OCC3c4ccccc4-c4ccccc43)n[nH]2)C1. The topological polar surface area (TPSA) is 134 Å². The van der Waals surface area contributed by atoms with Crippen molar-refractivity contribution in [3.05, 3.63) is 71.4 Å². The monoisotopic (exact) mass is 476 g/mol. The summed E-state index contributed by atoms with van der Waals surface area (Å²) in [7, 11) is 1.48. The van der Waals surface area contributed by atoms with Gasteiger partial charge in [-0.15, -0.1) is 0 Å². The van der Waals surface area contributed by atoms with Gasteiger partial charge in [-0.1, -0.05) is 48.5 Å². The van der Waals surface area contributed by atoms with E-state index in [9.17, 15) is 19.5 Å². The summed E-state index contributed by atoms with van der Waals surface area (Å²) in [4.78, 5) is 38.1. The van der Waals surface area contributed by atoms with E-state index in [2.05, 4.69) is 27.6 Å². The van der Waals surface area contributed by atoms with Crippen molar-refractivity contribution in [1.82, 2.24) is 15.1 Å². The minimum absolute atomic E-state index is 0.0574. The molecule has 2 aromatic carbocycles. The van der Waals surface area contributed by atoms with Gasteiger partial charge in [0.2, 0.25) is 0 Å². The molecule has 3 N–H and O–H groups in total. The average Bonchev–Trinajstić information content (AvgIpc) is 3.58. The molecule has 10 nitrogen and oxygen atoms in total. The second-order valence-corrected chi connectivity index (χ2v) is 8.52. The summed E-state index contributed by atoms with van der Waals surface area (Å²) in [6.45, 7) is 0.295. The summed E-state index contributed by atoms with van der Waals surface area (Å²) in [5.41, 5.74) is 4.51. The lowest BCUT2D eigenvalue weighted by Crippen LogP contribution is -2.40. The number of hydrogen-bond acceptors (Lipinski definition) is 6. The van der Waals surface area contributed by atoms with E-state index in [1.165, 1.54) is 18.1 Å². The summed E-state index contributed by atoms with van der Waals surface area (Å²) in [5.74, 6) is -1.62. The molecule has 3 aromatic rings. The minimum Gasteiger partial charge on any atom is -0.480 e.